The molecule has 0 aliphatic carbocycles. The number of rotatable bonds is 5. The summed E-state index contributed by atoms with van der Waals surface area (Å²) >= 11 is 0. The Morgan fingerprint density at radius 2 is 2.00 bits per heavy atom. The van der Waals surface area contributed by atoms with Crippen LogP contribution in [0.4, 0.5) is 0 Å². The highest BCUT2D eigenvalue weighted by Gasteiger charge is 2.05. The van der Waals surface area contributed by atoms with Crippen LogP contribution in [0, 0.1) is 6.92 Å². The summed E-state index contributed by atoms with van der Waals surface area (Å²) in [6.07, 6.45) is 1.20. The van der Waals surface area contributed by atoms with Crippen molar-refractivity contribution >= 4 is 0 Å². The zero-order valence-corrected chi connectivity index (χ0v) is 10.4. The average molecular weight is 205 g/mol. The molecule has 1 aromatic carbocycles. The van der Waals surface area contributed by atoms with Gasteiger partial charge in [0.15, 0.2) is 0 Å². The molecule has 1 nitrogen and oxygen atoms in total. The molecule has 0 amide bonds. The van der Waals surface area contributed by atoms with Crippen molar-refractivity contribution in [1.82, 2.24) is 5.32 Å². The summed E-state index contributed by atoms with van der Waals surface area (Å²) in [5.41, 5.74) is 4.29. The molecule has 0 aromatic heterocycles. The molecule has 0 saturated carbocycles. The highest BCUT2D eigenvalue weighted by atomic mass is 14.8. The minimum Gasteiger partial charge on any atom is -0.313 e. The first kappa shape index (κ1) is 12.3. The lowest BCUT2D eigenvalue weighted by Crippen LogP contribution is -2.15. The van der Waals surface area contributed by atoms with Crippen LogP contribution in [0.5, 0.6) is 0 Å². The normalized spacial score (nSPS) is 11.0. The summed E-state index contributed by atoms with van der Waals surface area (Å²) in [7, 11) is 0. The maximum Gasteiger partial charge on any atom is 0.0208 e. The van der Waals surface area contributed by atoms with E-state index in [1.165, 1.54) is 23.1 Å². The standard InChI is InChI=1S/C14H23N/c1-5-8-15-10-13-7-6-12(4)9-14(13)11(2)3/h6-7,9,11,15H,5,8,10H2,1-4H3. The van der Waals surface area contributed by atoms with Gasteiger partial charge in [0.1, 0.15) is 0 Å². The molecule has 0 bridgehead atoms. The van der Waals surface area contributed by atoms with Gasteiger partial charge in [-0.25, -0.2) is 0 Å². The van der Waals surface area contributed by atoms with Gasteiger partial charge in [0.25, 0.3) is 0 Å². The average Bonchev–Trinajstić information content (AvgIpc) is 2.20. The second kappa shape index (κ2) is 5.92. The second-order valence-corrected chi connectivity index (χ2v) is 4.53. The van der Waals surface area contributed by atoms with E-state index in [-0.39, 0.29) is 0 Å². The zero-order valence-electron chi connectivity index (χ0n) is 10.4. The van der Waals surface area contributed by atoms with Crippen LogP contribution in [0.3, 0.4) is 0 Å². The fraction of sp³-hybridized carbons (Fsp3) is 0.571. The Balaban J connectivity index is 2.77. The number of hydrogen-bond donors (Lipinski definition) is 1. The maximum absolute atomic E-state index is 3.47. The SMILES string of the molecule is CCCNCc1ccc(C)cc1C(C)C. The topological polar surface area (TPSA) is 12.0 Å². The number of hydrogen-bond acceptors (Lipinski definition) is 1. The summed E-state index contributed by atoms with van der Waals surface area (Å²) in [6, 6.07) is 6.77. The monoisotopic (exact) mass is 205 g/mol. The molecule has 1 N–H and O–H groups in total. The van der Waals surface area contributed by atoms with E-state index in [1.54, 1.807) is 0 Å². The second-order valence-electron chi connectivity index (χ2n) is 4.53. The molecule has 0 aliphatic rings. The first-order chi connectivity index (χ1) is 7.15. The molecule has 0 saturated heterocycles. The molecule has 0 atom stereocenters. The third kappa shape index (κ3) is 3.67. The first-order valence-corrected chi connectivity index (χ1v) is 5.95. The Morgan fingerprint density at radius 1 is 1.27 bits per heavy atom. The van der Waals surface area contributed by atoms with Gasteiger partial charge < -0.3 is 5.32 Å². The molecule has 1 heteroatoms. The van der Waals surface area contributed by atoms with Crippen molar-refractivity contribution in [3.63, 3.8) is 0 Å². The maximum atomic E-state index is 3.47. The van der Waals surface area contributed by atoms with Crippen LogP contribution in [0.15, 0.2) is 18.2 Å². The smallest absolute Gasteiger partial charge is 0.0208 e. The lowest BCUT2D eigenvalue weighted by molar-refractivity contribution is 0.666. The molecule has 0 unspecified atom stereocenters. The van der Waals surface area contributed by atoms with Crippen LogP contribution in [-0.2, 0) is 6.54 Å². The van der Waals surface area contributed by atoms with Gasteiger partial charge in [-0.2, -0.15) is 0 Å². The first-order valence-electron chi connectivity index (χ1n) is 5.95. The van der Waals surface area contributed by atoms with Gasteiger partial charge in [-0.3, -0.25) is 0 Å². The van der Waals surface area contributed by atoms with Gasteiger partial charge in [-0.05, 0) is 36.9 Å². The van der Waals surface area contributed by atoms with Crippen molar-refractivity contribution in [2.24, 2.45) is 0 Å². The third-order valence-corrected chi connectivity index (χ3v) is 2.67. The molecule has 0 fully saturated rings. The minimum absolute atomic E-state index is 0.614. The van der Waals surface area contributed by atoms with E-state index in [9.17, 15) is 0 Å². The molecule has 0 heterocycles. The van der Waals surface area contributed by atoms with Crippen LogP contribution in [0.1, 0.15) is 49.8 Å². The fourth-order valence-corrected chi connectivity index (χ4v) is 1.81. The van der Waals surface area contributed by atoms with Crippen LogP contribution >= 0.6 is 0 Å². The number of aryl methyl sites for hydroxylation is 1. The van der Waals surface area contributed by atoms with E-state index < -0.39 is 0 Å². The van der Waals surface area contributed by atoms with Crippen molar-refractivity contribution in [1.29, 1.82) is 0 Å². The van der Waals surface area contributed by atoms with E-state index in [4.69, 9.17) is 0 Å². The number of benzene rings is 1. The summed E-state index contributed by atoms with van der Waals surface area (Å²) < 4.78 is 0. The van der Waals surface area contributed by atoms with Gasteiger partial charge in [-0.15, -0.1) is 0 Å². The number of nitrogens with one attached hydrogen (secondary N) is 1. The van der Waals surface area contributed by atoms with E-state index in [0.29, 0.717) is 5.92 Å². The lowest BCUT2D eigenvalue weighted by atomic mass is 9.95. The van der Waals surface area contributed by atoms with Crippen LogP contribution in [0.25, 0.3) is 0 Å². The molecule has 1 aromatic rings. The van der Waals surface area contributed by atoms with E-state index in [0.717, 1.165) is 13.1 Å². The molecule has 0 aliphatic heterocycles. The Kier molecular flexibility index (Phi) is 4.83. The lowest BCUT2D eigenvalue weighted by Gasteiger charge is -2.14. The highest BCUT2D eigenvalue weighted by molar-refractivity contribution is 5.33. The summed E-state index contributed by atoms with van der Waals surface area (Å²) in [5.74, 6) is 0.614. The Labute approximate surface area is 93.9 Å². The van der Waals surface area contributed by atoms with Gasteiger partial charge in [0, 0.05) is 6.54 Å². The van der Waals surface area contributed by atoms with Crippen molar-refractivity contribution in [3.8, 4) is 0 Å². The Morgan fingerprint density at radius 3 is 2.60 bits per heavy atom. The fourth-order valence-electron chi connectivity index (χ4n) is 1.81. The van der Waals surface area contributed by atoms with Gasteiger partial charge >= 0.3 is 0 Å². The third-order valence-electron chi connectivity index (χ3n) is 2.67. The van der Waals surface area contributed by atoms with Crippen molar-refractivity contribution in [2.45, 2.75) is 46.6 Å². The molecule has 15 heavy (non-hydrogen) atoms. The van der Waals surface area contributed by atoms with E-state index in [2.05, 4.69) is 51.2 Å². The zero-order chi connectivity index (χ0) is 11.3. The molecule has 0 radical (unpaired) electrons. The van der Waals surface area contributed by atoms with Crippen LogP contribution in [-0.4, -0.2) is 6.54 Å². The predicted molar refractivity (Wildman–Crippen MR) is 67.3 cm³/mol. The highest BCUT2D eigenvalue weighted by Crippen LogP contribution is 2.20. The van der Waals surface area contributed by atoms with E-state index in [1.807, 2.05) is 0 Å². The summed E-state index contributed by atoms with van der Waals surface area (Å²) in [4.78, 5) is 0. The van der Waals surface area contributed by atoms with Crippen LogP contribution in [0.2, 0.25) is 0 Å². The molecular formula is C14H23N. The Bertz CT molecular complexity index is 302. The molecule has 84 valence electrons. The molecule has 0 spiro atoms. The largest absolute Gasteiger partial charge is 0.313 e. The quantitative estimate of drug-likeness (QED) is 0.724. The minimum atomic E-state index is 0.614. The summed E-state index contributed by atoms with van der Waals surface area (Å²) in [6.45, 7) is 11.0. The molecular weight excluding hydrogens is 182 g/mol. The van der Waals surface area contributed by atoms with Crippen molar-refractivity contribution in [2.75, 3.05) is 6.54 Å². The van der Waals surface area contributed by atoms with Gasteiger partial charge in [0.2, 0.25) is 0 Å². The summed E-state index contributed by atoms with van der Waals surface area (Å²) in [5, 5.41) is 3.47. The van der Waals surface area contributed by atoms with Crippen molar-refractivity contribution < 1.29 is 0 Å². The van der Waals surface area contributed by atoms with Gasteiger partial charge in [-0.1, -0.05) is 44.5 Å². The van der Waals surface area contributed by atoms with E-state index >= 15 is 0 Å². The van der Waals surface area contributed by atoms with Crippen LogP contribution < -0.4 is 5.32 Å². The predicted octanol–water partition coefficient (Wildman–Crippen LogP) is 3.62. The van der Waals surface area contributed by atoms with Crippen molar-refractivity contribution in [3.05, 3.63) is 34.9 Å². The van der Waals surface area contributed by atoms with Gasteiger partial charge in [0.05, 0.1) is 0 Å². The molecule has 1 rings (SSSR count). The Hall–Kier alpha value is -0.820.